The minimum Gasteiger partial charge on any atom is -0.324 e. The Morgan fingerprint density at radius 2 is 1.86 bits per heavy atom. The van der Waals surface area contributed by atoms with Gasteiger partial charge in [-0.1, -0.05) is 18.9 Å². The standard InChI is InChI=1S/C14H21N3O3S.ClH/c1-17(2)21(19,20)12-7-5-6-11(10-12)16-13(18)14(15)8-3-4-9-14;/h5-7,10H,3-4,8-9,15H2,1-2H3,(H,16,18);1H. The number of hydrogen-bond acceptors (Lipinski definition) is 4. The fourth-order valence-electron chi connectivity index (χ4n) is 2.43. The van der Waals surface area contributed by atoms with Crippen LogP contribution in [-0.4, -0.2) is 38.3 Å². The molecule has 0 heterocycles. The van der Waals surface area contributed by atoms with Gasteiger partial charge in [0, 0.05) is 19.8 Å². The van der Waals surface area contributed by atoms with Crippen molar-refractivity contribution < 1.29 is 13.2 Å². The van der Waals surface area contributed by atoms with Gasteiger partial charge in [-0.15, -0.1) is 12.4 Å². The van der Waals surface area contributed by atoms with Crippen LogP contribution in [0.5, 0.6) is 0 Å². The highest BCUT2D eigenvalue weighted by Gasteiger charge is 2.37. The summed E-state index contributed by atoms with van der Waals surface area (Å²) in [4.78, 5) is 12.4. The number of sulfonamides is 1. The zero-order chi connectivity index (χ0) is 15.7. The number of halogens is 1. The third-order valence-electron chi connectivity index (χ3n) is 3.82. The van der Waals surface area contributed by atoms with Gasteiger partial charge in [0.05, 0.1) is 10.4 Å². The smallest absolute Gasteiger partial charge is 0.244 e. The first-order chi connectivity index (χ1) is 9.75. The normalized spacial score (nSPS) is 17.1. The molecule has 0 unspecified atom stereocenters. The summed E-state index contributed by atoms with van der Waals surface area (Å²) in [5.41, 5.74) is 5.69. The Hall–Kier alpha value is -1.15. The van der Waals surface area contributed by atoms with Crippen molar-refractivity contribution in [3.8, 4) is 0 Å². The van der Waals surface area contributed by atoms with E-state index in [4.69, 9.17) is 5.73 Å². The molecule has 1 aliphatic rings. The van der Waals surface area contributed by atoms with Crippen molar-refractivity contribution in [3.63, 3.8) is 0 Å². The van der Waals surface area contributed by atoms with Crippen LogP contribution >= 0.6 is 12.4 Å². The Morgan fingerprint density at radius 3 is 2.41 bits per heavy atom. The van der Waals surface area contributed by atoms with E-state index >= 15 is 0 Å². The molecule has 22 heavy (non-hydrogen) atoms. The number of amides is 1. The summed E-state index contributed by atoms with van der Waals surface area (Å²) in [5.74, 6) is -0.251. The topological polar surface area (TPSA) is 92.5 Å². The quantitative estimate of drug-likeness (QED) is 0.864. The van der Waals surface area contributed by atoms with Gasteiger partial charge in [0.1, 0.15) is 0 Å². The Kier molecular flexibility index (Phi) is 5.97. The highest BCUT2D eigenvalue weighted by atomic mass is 35.5. The van der Waals surface area contributed by atoms with E-state index in [1.165, 1.54) is 26.2 Å². The van der Waals surface area contributed by atoms with Crippen molar-refractivity contribution >= 4 is 34.0 Å². The summed E-state index contributed by atoms with van der Waals surface area (Å²) in [5, 5.41) is 2.73. The third kappa shape index (κ3) is 3.78. The van der Waals surface area contributed by atoms with Gasteiger partial charge < -0.3 is 11.1 Å². The minimum absolute atomic E-state index is 0. The fourth-order valence-corrected chi connectivity index (χ4v) is 3.38. The molecule has 1 fully saturated rings. The molecule has 1 amide bonds. The van der Waals surface area contributed by atoms with Gasteiger partial charge in [-0.25, -0.2) is 12.7 Å². The van der Waals surface area contributed by atoms with Crippen molar-refractivity contribution in [1.29, 1.82) is 0 Å². The molecule has 1 aromatic rings. The lowest BCUT2D eigenvalue weighted by Crippen LogP contribution is -2.48. The molecule has 0 spiro atoms. The summed E-state index contributed by atoms with van der Waals surface area (Å²) < 4.78 is 25.3. The molecular weight excluding hydrogens is 326 g/mol. The molecule has 1 aliphatic carbocycles. The van der Waals surface area contributed by atoms with Crippen LogP contribution in [0.1, 0.15) is 25.7 Å². The number of hydrogen-bond donors (Lipinski definition) is 2. The van der Waals surface area contributed by atoms with E-state index in [1.807, 2.05) is 0 Å². The Bertz CT molecular complexity index is 640. The number of nitrogens with two attached hydrogens (primary N) is 1. The largest absolute Gasteiger partial charge is 0.324 e. The van der Waals surface area contributed by atoms with Gasteiger partial charge in [-0.2, -0.15) is 0 Å². The van der Waals surface area contributed by atoms with Gasteiger partial charge in [0.15, 0.2) is 0 Å². The number of anilines is 1. The minimum atomic E-state index is -3.52. The van der Waals surface area contributed by atoms with Crippen LogP contribution in [0.3, 0.4) is 0 Å². The van der Waals surface area contributed by atoms with Crippen molar-refractivity contribution in [2.45, 2.75) is 36.1 Å². The van der Waals surface area contributed by atoms with E-state index in [0.717, 1.165) is 17.1 Å². The summed E-state index contributed by atoms with van der Waals surface area (Å²) in [6.45, 7) is 0. The predicted octanol–water partition coefficient (Wildman–Crippen LogP) is 1.57. The van der Waals surface area contributed by atoms with Crippen LogP contribution in [0.15, 0.2) is 29.2 Å². The van der Waals surface area contributed by atoms with Crippen molar-refractivity contribution in [2.24, 2.45) is 5.73 Å². The molecule has 3 N–H and O–H groups in total. The molecule has 8 heteroatoms. The molecule has 124 valence electrons. The van der Waals surface area contributed by atoms with Crippen LogP contribution in [0.2, 0.25) is 0 Å². The lowest BCUT2D eigenvalue weighted by molar-refractivity contribution is -0.121. The molecule has 0 radical (unpaired) electrons. The second kappa shape index (κ2) is 6.95. The first-order valence-corrected chi connectivity index (χ1v) is 8.33. The van der Waals surface area contributed by atoms with Crippen LogP contribution < -0.4 is 11.1 Å². The Labute approximate surface area is 137 Å². The lowest BCUT2D eigenvalue weighted by atomic mass is 9.98. The van der Waals surface area contributed by atoms with E-state index in [0.29, 0.717) is 18.5 Å². The molecule has 6 nitrogen and oxygen atoms in total. The van der Waals surface area contributed by atoms with Gasteiger partial charge >= 0.3 is 0 Å². The first-order valence-electron chi connectivity index (χ1n) is 6.89. The van der Waals surface area contributed by atoms with Crippen molar-refractivity contribution in [3.05, 3.63) is 24.3 Å². The van der Waals surface area contributed by atoms with E-state index in [-0.39, 0.29) is 23.2 Å². The van der Waals surface area contributed by atoms with Crippen molar-refractivity contribution in [1.82, 2.24) is 4.31 Å². The second-order valence-electron chi connectivity index (χ2n) is 5.63. The fraction of sp³-hybridized carbons (Fsp3) is 0.500. The molecule has 0 aromatic heterocycles. The zero-order valence-corrected chi connectivity index (χ0v) is 14.3. The number of rotatable bonds is 4. The summed E-state index contributed by atoms with van der Waals surface area (Å²) in [6, 6.07) is 6.21. The van der Waals surface area contributed by atoms with Gasteiger partial charge in [0.25, 0.3) is 0 Å². The first kappa shape index (κ1) is 18.9. The highest BCUT2D eigenvalue weighted by molar-refractivity contribution is 7.89. The highest BCUT2D eigenvalue weighted by Crippen LogP contribution is 2.28. The molecule has 0 atom stereocenters. The zero-order valence-electron chi connectivity index (χ0n) is 12.7. The van der Waals surface area contributed by atoms with Crippen LogP contribution in [0.4, 0.5) is 5.69 Å². The number of nitrogens with one attached hydrogen (secondary N) is 1. The maximum absolute atomic E-state index is 12.2. The van der Waals surface area contributed by atoms with Gasteiger partial charge in [-0.3, -0.25) is 4.79 Å². The molecule has 1 aromatic carbocycles. The van der Waals surface area contributed by atoms with E-state index in [1.54, 1.807) is 12.1 Å². The second-order valence-corrected chi connectivity index (χ2v) is 7.78. The molecular formula is C14H22ClN3O3S. The summed E-state index contributed by atoms with van der Waals surface area (Å²) in [7, 11) is -0.586. The van der Waals surface area contributed by atoms with Crippen LogP contribution in [-0.2, 0) is 14.8 Å². The van der Waals surface area contributed by atoms with E-state index < -0.39 is 15.6 Å². The number of benzene rings is 1. The number of carbonyl (C=O) groups excluding carboxylic acids is 1. The monoisotopic (exact) mass is 347 g/mol. The summed E-state index contributed by atoms with van der Waals surface area (Å²) >= 11 is 0. The maximum atomic E-state index is 12.2. The molecule has 1 saturated carbocycles. The molecule has 2 rings (SSSR count). The average Bonchev–Trinajstić information content (AvgIpc) is 2.87. The third-order valence-corrected chi connectivity index (χ3v) is 5.63. The average molecular weight is 348 g/mol. The molecule has 0 aliphatic heterocycles. The van der Waals surface area contributed by atoms with Crippen LogP contribution in [0.25, 0.3) is 0 Å². The van der Waals surface area contributed by atoms with E-state index in [9.17, 15) is 13.2 Å². The number of nitrogens with zero attached hydrogens (tertiary/aromatic N) is 1. The Morgan fingerprint density at radius 1 is 1.27 bits per heavy atom. The Balaban J connectivity index is 0.00000242. The molecule has 0 saturated heterocycles. The van der Waals surface area contributed by atoms with Crippen LogP contribution in [0, 0.1) is 0 Å². The predicted molar refractivity (Wildman–Crippen MR) is 88.6 cm³/mol. The summed E-state index contributed by atoms with van der Waals surface area (Å²) in [6.07, 6.45) is 3.21. The maximum Gasteiger partial charge on any atom is 0.244 e. The van der Waals surface area contributed by atoms with Gasteiger partial charge in [-0.05, 0) is 31.0 Å². The molecule has 0 bridgehead atoms. The van der Waals surface area contributed by atoms with Crippen molar-refractivity contribution in [2.75, 3.05) is 19.4 Å². The SMILES string of the molecule is CN(C)S(=O)(=O)c1cccc(NC(=O)C2(N)CCCC2)c1.Cl. The number of carbonyl (C=O) groups is 1. The van der Waals surface area contributed by atoms with E-state index in [2.05, 4.69) is 5.32 Å². The van der Waals surface area contributed by atoms with Gasteiger partial charge in [0.2, 0.25) is 15.9 Å². The lowest BCUT2D eigenvalue weighted by Gasteiger charge is -2.22.